The Hall–Kier alpha value is -3.66. The van der Waals surface area contributed by atoms with Crippen LogP contribution in [0.3, 0.4) is 0 Å². The summed E-state index contributed by atoms with van der Waals surface area (Å²) in [5, 5.41) is 7.54. The lowest BCUT2D eigenvalue weighted by atomic mass is 10.2. The van der Waals surface area contributed by atoms with E-state index in [1.54, 1.807) is 23.6 Å². The van der Waals surface area contributed by atoms with Crippen molar-refractivity contribution in [3.05, 3.63) is 64.9 Å². The Morgan fingerprint density at radius 2 is 1.94 bits per heavy atom. The van der Waals surface area contributed by atoms with Crippen molar-refractivity contribution in [1.29, 1.82) is 0 Å². The number of benzene rings is 2. The van der Waals surface area contributed by atoms with Gasteiger partial charge < -0.3 is 19.5 Å². The van der Waals surface area contributed by atoms with E-state index in [0.29, 0.717) is 40.2 Å². The predicted octanol–water partition coefficient (Wildman–Crippen LogP) is 3.00. The summed E-state index contributed by atoms with van der Waals surface area (Å²) in [5.74, 6) is 0.756. The molecule has 0 radical (unpaired) electrons. The van der Waals surface area contributed by atoms with Crippen LogP contribution >= 0.6 is 11.3 Å². The number of hydrogen-bond donors (Lipinski definition) is 2. The maximum atomic E-state index is 12.8. The Labute approximate surface area is 181 Å². The number of amides is 2. The van der Waals surface area contributed by atoms with Crippen molar-refractivity contribution >= 4 is 28.3 Å². The van der Waals surface area contributed by atoms with Crippen molar-refractivity contribution in [2.24, 2.45) is 0 Å². The summed E-state index contributed by atoms with van der Waals surface area (Å²) in [4.78, 5) is 28.7. The lowest BCUT2D eigenvalue weighted by molar-refractivity contribution is -0.120. The number of rotatable bonds is 8. The third-order valence-corrected chi connectivity index (χ3v) is 5.06. The number of anilines is 1. The molecule has 1 aliphatic rings. The summed E-state index contributed by atoms with van der Waals surface area (Å²) < 4.78 is 28.8. The smallest absolute Gasteiger partial charge is 0.257 e. The molecular formula is C21H18FN3O5S. The van der Waals surface area contributed by atoms with Crippen LogP contribution < -0.4 is 24.8 Å². The molecule has 0 aliphatic carbocycles. The number of fused-ring (bicyclic) bond motifs is 1. The number of ether oxygens (including phenoxy) is 3. The van der Waals surface area contributed by atoms with Crippen molar-refractivity contribution in [2.45, 2.75) is 6.42 Å². The van der Waals surface area contributed by atoms with Crippen LogP contribution in [0.15, 0.2) is 47.8 Å². The second-order valence-electron chi connectivity index (χ2n) is 6.50. The quantitative estimate of drug-likeness (QED) is 0.520. The highest BCUT2D eigenvalue weighted by atomic mass is 32.1. The van der Waals surface area contributed by atoms with Crippen molar-refractivity contribution < 1.29 is 28.2 Å². The third-order valence-electron chi connectivity index (χ3n) is 4.26. The molecule has 160 valence electrons. The van der Waals surface area contributed by atoms with E-state index in [1.165, 1.54) is 35.6 Å². The Balaban J connectivity index is 1.21. The largest absolute Gasteiger partial charge is 0.492 e. The van der Waals surface area contributed by atoms with Crippen molar-refractivity contribution in [1.82, 2.24) is 10.3 Å². The Morgan fingerprint density at radius 3 is 2.77 bits per heavy atom. The van der Waals surface area contributed by atoms with Gasteiger partial charge in [-0.15, -0.1) is 11.3 Å². The molecule has 2 amide bonds. The van der Waals surface area contributed by atoms with Gasteiger partial charge in [0.05, 0.1) is 18.7 Å². The van der Waals surface area contributed by atoms with E-state index in [0.717, 1.165) is 0 Å². The van der Waals surface area contributed by atoms with E-state index < -0.39 is 0 Å². The Kier molecular flexibility index (Phi) is 6.27. The zero-order chi connectivity index (χ0) is 21.6. The lowest BCUT2D eigenvalue weighted by Crippen LogP contribution is -2.29. The maximum Gasteiger partial charge on any atom is 0.257 e. The number of carbonyl (C=O) groups excluding carboxylic acids is 2. The van der Waals surface area contributed by atoms with Crippen molar-refractivity contribution in [2.75, 3.05) is 25.3 Å². The molecule has 0 saturated carbocycles. The first-order valence-corrected chi connectivity index (χ1v) is 10.3. The van der Waals surface area contributed by atoms with Gasteiger partial charge in [-0.1, -0.05) is 0 Å². The van der Waals surface area contributed by atoms with E-state index in [4.69, 9.17) is 14.2 Å². The average Bonchev–Trinajstić information content (AvgIpc) is 3.41. The molecule has 3 aromatic rings. The number of aromatic nitrogens is 1. The molecule has 0 bridgehead atoms. The first-order valence-electron chi connectivity index (χ1n) is 9.37. The first kappa shape index (κ1) is 20.6. The number of carbonyl (C=O) groups is 2. The van der Waals surface area contributed by atoms with Crippen LogP contribution in [-0.2, 0) is 11.2 Å². The van der Waals surface area contributed by atoms with E-state index in [9.17, 15) is 14.0 Å². The molecule has 2 N–H and O–H groups in total. The summed E-state index contributed by atoms with van der Waals surface area (Å²) in [5.41, 5.74) is 0.961. The highest BCUT2D eigenvalue weighted by Gasteiger charge is 2.17. The Bertz CT molecular complexity index is 1090. The zero-order valence-electron chi connectivity index (χ0n) is 16.2. The lowest BCUT2D eigenvalue weighted by Gasteiger charge is -2.07. The molecule has 31 heavy (non-hydrogen) atoms. The van der Waals surface area contributed by atoms with Crippen LogP contribution in [0.25, 0.3) is 0 Å². The van der Waals surface area contributed by atoms with Gasteiger partial charge in [-0.25, -0.2) is 9.37 Å². The van der Waals surface area contributed by atoms with Crippen LogP contribution in [0.2, 0.25) is 0 Å². The van der Waals surface area contributed by atoms with Crippen LogP contribution in [0.1, 0.15) is 16.1 Å². The molecule has 1 aromatic heterocycles. The summed E-state index contributed by atoms with van der Waals surface area (Å²) >= 11 is 1.23. The second-order valence-corrected chi connectivity index (χ2v) is 7.35. The van der Waals surface area contributed by atoms with Gasteiger partial charge in [0.2, 0.25) is 12.7 Å². The van der Waals surface area contributed by atoms with Crippen molar-refractivity contribution in [3.63, 3.8) is 0 Å². The topological polar surface area (TPSA) is 98.8 Å². The zero-order valence-corrected chi connectivity index (χ0v) is 17.0. The molecule has 0 fully saturated rings. The summed E-state index contributed by atoms with van der Waals surface area (Å²) in [6.45, 7) is 0.690. The molecule has 2 heterocycles. The predicted molar refractivity (Wildman–Crippen MR) is 111 cm³/mol. The molecular weight excluding hydrogens is 425 g/mol. The molecule has 2 aromatic carbocycles. The fourth-order valence-corrected chi connectivity index (χ4v) is 3.48. The van der Waals surface area contributed by atoms with Gasteiger partial charge in [0.25, 0.3) is 5.91 Å². The fourth-order valence-electron chi connectivity index (χ4n) is 2.77. The Morgan fingerprint density at radius 1 is 1.13 bits per heavy atom. The minimum absolute atomic E-state index is 0.0763. The van der Waals surface area contributed by atoms with Gasteiger partial charge >= 0.3 is 0 Å². The summed E-state index contributed by atoms with van der Waals surface area (Å²) in [6.07, 6.45) is 0.0763. The second kappa shape index (κ2) is 9.43. The van der Waals surface area contributed by atoms with E-state index >= 15 is 0 Å². The first-order chi connectivity index (χ1) is 15.1. The van der Waals surface area contributed by atoms with Gasteiger partial charge in [0.1, 0.15) is 18.2 Å². The number of nitrogens with zero attached hydrogens (tertiary/aromatic N) is 1. The minimum Gasteiger partial charge on any atom is -0.492 e. The van der Waals surface area contributed by atoms with Gasteiger partial charge in [0.15, 0.2) is 16.6 Å². The highest BCUT2D eigenvalue weighted by molar-refractivity contribution is 7.14. The average molecular weight is 443 g/mol. The highest BCUT2D eigenvalue weighted by Crippen LogP contribution is 2.32. The number of thiazole rings is 1. The van der Waals surface area contributed by atoms with E-state index in [2.05, 4.69) is 15.6 Å². The van der Waals surface area contributed by atoms with Crippen LogP contribution in [0.4, 0.5) is 9.52 Å². The molecule has 8 nitrogen and oxygen atoms in total. The summed E-state index contributed by atoms with van der Waals surface area (Å²) in [6, 6.07) is 10.6. The normalized spacial score (nSPS) is 11.8. The number of halogens is 1. The van der Waals surface area contributed by atoms with Gasteiger partial charge in [-0.3, -0.25) is 14.9 Å². The molecule has 0 spiro atoms. The SMILES string of the molecule is O=C(Cc1csc(NC(=O)c2ccc3c(c2)OCO3)n1)NCCOc1ccc(F)cc1. The third kappa shape index (κ3) is 5.48. The molecule has 0 atom stereocenters. The molecule has 0 saturated heterocycles. The number of hydrogen-bond acceptors (Lipinski definition) is 7. The van der Waals surface area contributed by atoms with Gasteiger partial charge in [-0.2, -0.15) is 0 Å². The number of nitrogens with one attached hydrogen (secondary N) is 2. The standard InChI is InChI=1S/C21H18FN3O5S/c22-14-2-4-16(5-3-14)28-8-7-23-19(26)10-15-11-31-21(24-15)25-20(27)13-1-6-17-18(9-13)30-12-29-17/h1-6,9,11H,7-8,10,12H2,(H,23,26)(H,24,25,27). The molecule has 4 rings (SSSR count). The van der Waals surface area contributed by atoms with Crippen LogP contribution in [0.5, 0.6) is 17.2 Å². The van der Waals surface area contributed by atoms with Crippen LogP contribution in [-0.4, -0.2) is 36.7 Å². The van der Waals surface area contributed by atoms with E-state index in [-0.39, 0.29) is 37.5 Å². The minimum atomic E-state index is -0.338. The maximum absolute atomic E-state index is 12.8. The molecule has 10 heteroatoms. The summed E-state index contributed by atoms with van der Waals surface area (Å²) in [7, 11) is 0. The fraction of sp³-hybridized carbons (Fsp3) is 0.190. The van der Waals surface area contributed by atoms with Crippen molar-refractivity contribution in [3.8, 4) is 17.2 Å². The van der Waals surface area contributed by atoms with Gasteiger partial charge in [-0.05, 0) is 42.5 Å². The van der Waals surface area contributed by atoms with Gasteiger partial charge in [0, 0.05) is 10.9 Å². The van der Waals surface area contributed by atoms with E-state index in [1.807, 2.05) is 0 Å². The molecule has 1 aliphatic heterocycles. The molecule has 0 unspecified atom stereocenters. The monoisotopic (exact) mass is 443 g/mol. The van der Waals surface area contributed by atoms with Crippen LogP contribution in [0, 0.1) is 5.82 Å².